The van der Waals surface area contributed by atoms with E-state index >= 15 is 0 Å². The fraction of sp³-hybridized carbons (Fsp3) is 0.185. The second-order valence-corrected chi connectivity index (χ2v) is 9.35. The van der Waals surface area contributed by atoms with E-state index in [0.717, 1.165) is 32.7 Å². The van der Waals surface area contributed by atoms with Crippen LogP contribution in [0, 0.1) is 22.7 Å². The molecule has 0 bridgehead atoms. The SMILES string of the molecule is COC(=O)c1ccc2c(c1)C(C)(C)/C(=C\C=c1sc(=C(C#N)C#N)nc1-c1ccccc1)N2C. The quantitative estimate of drug-likeness (QED) is 0.544. The number of thiazole rings is 1. The van der Waals surface area contributed by atoms with Crippen molar-refractivity contribution in [1.29, 1.82) is 10.5 Å². The number of esters is 1. The monoisotopic (exact) mass is 466 g/mol. The van der Waals surface area contributed by atoms with E-state index in [2.05, 4.69) is 23.7 Å². The number of fused-ring (bicyclic) bond motifs is 1. The third-order valence-electron chi connectivity index (χ3n) is 5.98. The van der Waals surface area contributed by atoms with E-state index in [1.807, 2.05) is 73.8 Å². The number of carbonyl (C=O) groups excluding carboxylic acids is 1. The molecule has 0 aliphatic carbocycles. The van der Waals surface area contributed by atoms with Gasteiger partial charge in [0, 0.05) is 29.4 Å². The molecule has 0 saturated heterocycles. The highest BCUT2D eigenvalue weighted by Crippen LogP contribution is 2.47. The second kappa shape index (κ2) is 8.97. The predicted octanol–water partition coefficient (Wildman–Crippen LogP) is 3.89. The van der Waals surface area contributed by atoms with E-state index < -0.39 is 0 Å². The maximum atomic E-state index is 12.1. The molecule has 0 fully saturated rings. The molecule has 6 nitrogen and oxygen atoms in total. The topological polar surface area (TPSA) is 90.0 Å². The van der Waals surface area contributed by atoms with Crippen molar-refractivity contribution in [3.8, 4) is 23.4 Å². The Hall–Kier alpha value is -4.20. The summed E-state index contributed by atoms with van der Waals surface area (Å²) in [5.74, 6) is -0.364. The van der Waals surface area contributed by atoms with Crippen molar-refractivity contribution in [3.63, 3.8) is 0 Å². The Labute approximate surface area is 202 Å². The molecule has 0 saturated carbocycles. The number of methoxy groups -OCH3 is 1. The van der Waals surface area contributed by atoms with Crippen LogP contribution in [0.1, 0.15) is 29.8 Å². The molecule has 0 radical (unpaired) electrons. The van der Waals surface area contributed by atoms with Crippen molar-refractivity contribution in [2.24, 2.45) is 0 Å². The van der Waals surface area contributed by atoms with Gasteiger partial charge in [0.25, 0.3) is 0 Å². The Kier molecular flexibility index (Phi) is 6.06. The molecule has 0 unspecified atom stereocenters. The number of nitriles is 2. The lowest BCUT2D eigenvalue weighted by atomic mass is 9.83. The van der Waals surface area contributed by atoms with Gasteiger partial charge in [-0.25, -0.2) is 9.78 Å². The molecule has 3 aromatic rings. The number of hydrogen-bond donors (Lipinski definition) is 0. The first kappa shape index (κ1) is 23.0. The molecule has 34 heavy (non-hydrogen) atoms. The van der Waals surface area contributed by atoms with Gasteiger partial charge in [-0.05, 0) is 35.9 Å². The minimum absolute atomic E-state index is 0.00413. The van der Waals surface area contributed by atoms with Gasteiger partial charge >= 0.3 is 5.97 Å². The standard InChI is InChI=1S/C27H22N4O2S/c1-27(2)20-14-18(26(32)33-4)10-11-21(20)31(3)23(27)13-12-22-24(17-8-6-5-7-9-17)30-25(34-22)19(15-28)16-29/h5-14H,1-4H3/b22-12?,23-13+. The summed E-state index contributed by atoms with van der Waals surface area (Å²) in [6.45, 7) is 4.23. The smallest absolute Gasteiger partial charge is 0.337 e. The fourth-order valence-corrected chi connectivity index (χ4v) is 5.15. The lowest BCUT2D eigenvalue weighted by Crippen LogP contribution is -2.22. The van der Waals surface area contributed by atoms with Crippen LogP contribution in [0.5, 0.6) is 0 Å². The number of carbonyl (C=O) groups is 1. The van der Waals surface area contributed by atoms with Crippen molar-refractivity contribution < 1.29 is 9.53 Å². The number of rotatable bonds is 3. The van der Waals surface area contributed by atoms with Gasteiger partial charge in [0.1, 0.15) is 16.8 Å². The Morgan fingerprint density at radius 3 is 2.47 bits per heavy atom. The number of hydrogen-bond acceptors (Lipinski definition) is 7. The predicted molar refractivity (Wildman–Crippen MR) is 133 cm³/mol. The van der Waals surface area contributed by atoms with Crippen LogP contribution in [0.25, 0.3) is 22.9 Å². The zero-order chi connectivity index (χ0) is 24.5. The summed E-state index contributed by atoms with van der Waals surface area (Å²) in [6, 6.07) is 19.2. The van der Waals surface area contributed by atoms with E-state index in [1.165, 1.54) is 18.4 Å². The highest BCUT2D eigenvalue weighted by Gasteiger charge is 2.38. The minimum atomic E-state index is -0.364. The van der Waals surface area contributed by atoms with Crippen molar-refractivity contribution in [1.82, 2.24) is 4.98 Å². The van der Waals surface area contributed by atoms with Gasteiger partial charge in [-0.15, -0.1) is 11.3 Å². The van der Waals surface area contributed by atoms with Gasteiger partial charge in [0.2, 0.25) is 0 Å². The molecule has 0 amide bonds. The Morgan fingerprint density at radius 2 is 1.82 bits per heavy atom. The normalized spacial score (nSPS) is 15.5. The highest BCUT2D eigenvalue weighted by atomic mass is 32.1. The first-order chi connectivity index (χ1) is 16.3. The first-order valence-corrected chi connectivity index (χ1v) is 11.4. The molecular formula is C27H22N4O2S. The zero-order valence-corrected chi connectivity index (χ0v) is 20.1. The average Bonchev–Trinajstić information content (AvgIpc) is 3.35. The summed E-state index contributed by atoms with van der Waals surface area (Å²) in [5.41, 5.74) is 4.90. The summed E-state index contributed by atoms with van der Waals surface area (Å²) in [7, 11) is 3.38. The number of nitrogens with zero attached hydrogens (tertiary/aromatic N) is 4. The summed E-state index contributed by atoms with van der Waals surface area (Å²) in [5, 5.41) is 18.7. The van der Waals surface area contributed by atoms with Crippen molar-refractivity contribution in [3.05, 3.63) is 80.6 Å². The van der Waals surface area contributed by atoms with Crippen LogP contribution in [-0.2, 0) is 10.2 Å². The maximum absolute atomic E-state index is 12.1. The number of benzene rings is 2. The Bertz CT molecular complexity index is 1500. The van der Waals surface area contributed by atoms with E-state index in [1.54, 1.807) is 6.07 Å². The number of aromatic nitrogens is 1. The molecule has 1 aromatic heterocycles. The van der Waals surface area contributed by atoms with Crippen LogP contribution in [0.15, 0.2) is 60.3 Å². The van der Waals surface area contributed by atoms with Crippen LogP contribution in [0.4, 0.5) is 5.69 Å². The third-order valence-corrected chi connectivity index (χ3v) is 7.02. The minimum Gasteiger partial charge on any atom is -0.465 e. The lowest BCUT2D eigenvalue weighted by Gasteiger charge is -2.23. The van der Waals surface area contributed by atoms with E-state index in [-0.39, 0.29) is 17.0 Å². The number of anilines is 1. The van der Waals surface area contributed by atoms with Crippen LogP contribution in [0.2, 0.25) is 0 Å². The fourth-order valence-electron chi connectivity index (χ4n) is 4.21. The molecular weight excluding hydrogens is 444 g/mol. The van der Waals surface area contributed by atoms with E-state index in [4.69, 9.17) is 4.74 Å². The third kappa shape index (κ3) is 3.87. The number of likely N-dealkylation sites (N-methyl/N-ethyl adjacent to an activating group) is 1. The van der Waals surface area contributed by atoms with Gasteiger partial charge in [-0.2, -0.15) is 10.5 Å². The molecule has 4 rings (SSSR count). The average molecular weight is 467 g/mol. The van der Waals surface area contributed by atoms with Crippen LogP contribution in [0.3, 0.4) is 0 Å². The van der Waals surface area contributed by atoms with Crippen molar-refractivity contribution >= 4 is 34.6 Å². The molecule has 1 aliphatic heterocycles. The molecule has 7 heteroatoms. The van der Waals surface area contributed by atoms with Crippen molar-refractivity contribution in [2.45, 2.75) is 19.3 Å². The molecule has 0 spiro atoms. The highest BCUT2D eigenvalue weighted by molar-refractivity contribution is 7.08. The maximum Gasteiger partial charge on any atom is 0.337 e. The molecule has 2 aromatic carbocycles. The van der Waals surface area contributed by atoms with Crippen LogP contribution in [-0.4, -0.2) is 25.1 Å². The molecule has 0 atom stereocenters. The number of ether oxygens (including phenoxy) is 1. The van der Waals surface area contributed by atoms with Crippen LogP contribution < -0.4 is 14.1 Å². The first-order valence-electron chi connectivity index (χ1n) is 10.6. The molecule has 0 N–H and O–H groups in total. The van der Waals surface area contributed by atoms with E-state index in [9.17, 15) is 15.3 Å². The zero-order valence-electron chi connectivity index (χ0n) is 19.3. The number of allylic oxidation sites excluding steroid dienone is 2. The second-order valence-electron chi connectivity index (χ2n) is 8.32. The summed E-state index contributed by atoms with van der Waals surface area (Å²) in [4.78, 5) is 18.8. The van der Waals surface area contributed by atoms with Gasteiger partial charge in [0.05, 0.1) is 22.9 Å². The van der Waals surface area contributed by atoms with Gasteiger partial charge in [-0.1, -0.05) is 44.2 Å². The molecule has 168 valence electrons. The molecule has 2 heterocycles. The Balaban J connectivity index is 1.89. The summed E-state index contributed by atoms with van der Waals surface area (Å²) < 4.78 is 6.15. The van der Waals surface area contributed by atoms with Gasteiger partial charge in [0.15, 0.2) is 5.57 Å². The molecule has 1 aliphatic rings. The Morgan fingerprint density at radius 1 is 1.12 bits per heavy atom. The van der Waals surface area contributed by atoms with Gasteiger partial charge < -0.3 is 9.64 Å². The van der Waals surface area contributed by atoms with Crippen molar-refractivity contribution in [2.75, 3.05) is 19.1 Å². The lowest BCUT2D eigenvalue weighted by molar-refractivity contribution is 0.0600. The van der Waals surface area contributed by atoms with Gasteiger partial charge in [-0.3, -0.25) is 0 Å². The summed E-state index contributed by atoms with van der Waals surface area (Å²) >= 11 is 1.32. The summed E-state index contributed by atoms with van der Waals surface area (Å²) in [6.07, 6.45) is 4.02. The van der Waals surface area contributed by atoms with E-state index in [0.29, 0.717) is 10.2 Å². The largest absolute Gasteiger partial charge is 0.465 e. The van der Waals surface area contributed by atoms with Crippen LogP contribution >= 0.6 is 11.3 Å².